The maximum atomic E-state index is 13.7. The van der Waals surface area contributed by atoms with E-state index in [1.54, 1.807) is 19.2 Å². The molecule has 0 aliphatic rings. The molecule has 0 amide bonds. The lowest BCUT2D eigenvalue weighted by molar-refractivity contribution is 0.196. The topological polar surface area (TPSA) is 48.9 Å². The van der Waals surface area contributed by atoms with Crippen molar-refractivity contribution in [1.82, 2.24) is 9.97 Å². The van der Waals surface area contributed by atoms with E-state index in [0.29, 0.717) is 11.2 Å². The third-order valence-corrected chi connectivity index (χ3v) is 2.91. The van der Waals surface area contributed by atoms with Crippen LogP contribution >= 0.6 is 0 Å². The fourth-order valence-electron chi connectivity index (χ4n) is 2.14. The van der Waals surface area contributed by atoms with Crippen LogP contribution in [0.1, 0.15) is 18.7 Å². The molecule has 0 saturated heterocycles. The zero-order valence-corrected chi connectivity index (χ0v) is 9.24. The Labute approximate surface area is 96.9 Å². The van der Waals surface area contributed by atoms with Crippen LogP contribution in [-0.2, 0) is 0 Å². The van der Waals surface area contributed by atoms with Crippen molar-refractivity contribution < 1.29 is 9.50 Å². The minimum absolute atomic E-state index is 0.290. The number of aromatic amines is 1. The Kier molecular flexibility index (Phi) is 2.12. The van der Waals surface area contributed by atoms with Crippen LogP contribution in [0.4, 0.5) is 4.39 Å². The van der Waals surface area contributed by atoms with Crippen molar-refractivity contribution in [2.75, 3.05) is 0 Å². The monoisotopic (exact) mass is 230 g/mol. The van der Waals surface area contributed by atoms with E-state index in [4.69, 9.17) is 0 Å². The molecule has 0 fully saturated rings. The van der Waals surface area contributed by atoms with Gasteiger partial charge in [0, 0.05) is 17.0 Å². The lowest BCUT2D eigenvalue weighted by Crippen LogP contribution is -1.98. The summed E-state index contributed by atoms with van der Waals surface area (Å²) in [6, 6.07) is 6.68. The molecule has 4 heteroatoms. The average molecular weight is 230 g/mol. The Morgan fingerprint density at radius 3 is 2.88 bits per heavy atom. The molecule has 1 unspecified atom stereocenters. The molecule has 0 bridgehead atoms. The second kappa shape index (κ2) is 3.53. The lowest BCUT2D eigenvalue weighted by Gasteiger charge is -2.08. The zero-order valence-electron chi connectivity index (χ0n) is 9.24. The number of aromatic nitrogens is 2. The highest BCUT2D eigenvalue weighted by atomic mass is 19.1. The van der Waals surface area contributed by atoms with Crippen molar-refractivity contribution in [2.45, 2.75) is 13.0 Å². The lowest BCUT2D eigenvalue weighted by atomic mass is 10.1. The van der Waals surface area contributed by atoms with Gasteiger partial charge in [-0.25, -0.2) is 9.37 Å². The molecule has 3 aromatic rings. The number of para-hydroxylation sites is 1. The smallest absolute Gasteiger partial charge is 0.149 e. The van der Waals surface area contributed by atoms with Crippen molar-refractivity contribution in [2.24, 2.45) is 0 Å². The molecule has 86 valence electrons. The van der Waals surface area contributed by atoms with E-state index in [9.17, 15) is 9.50 Å². The fraction of sp³-hybridized carbons (Fsp3) is 0.154. The minimum atomic E-state index is -0.725. The Bertz CT molecular complexity index is 703. The van der Waals surface area contributed by atoms with E-state index >= 15 is 0 Å². The molecule has 1 aromatic carbocycles. The van der Waals surface area contributed by atoms with E-state index in [0.717, 1.165) is 16.3 Å². The molecule has 3 nitrogen and oxygen atoms in total. The first-order chi connectivity index (χ1) is 8.18. The summed E-state index contributed by atoms with van der Waals surface area (Å²) >= 11 is 0. The van der Waals surface area contributed by atoms with Crippen LogP contribution in [0.15, 0.2) is 30.5 Å². The molecule has 2 N–H and O–H groups in total. The SMILES string of the molecule is CC(O)c1nc2c(F)cccc2c2[nH]ccc12. The highest BCUT2D eigenvalue weighted by Crippen LogP contribution is 2.29. The molecular weight excluding hydrogens is 219 g/mol. The van der Waals surface area contributed by atoms with E-state index in [2.05, 4.69) is 9.97 Å². The quantitative estimate of drug-likeness (QED) is 0.675. The molecule has 0 aliphatic heterocycles. The third-order valence-electron chi connectivity index (χ3n) is 2.91. The van der Waals surface area contributed by atoms with Crippen LogP contribution < -0.4 is 0 Å². The number of H-pyrrole nitrogens is 1. The minimum Gasteiger partial charge on any atom is -0.387 e. The predicted octanol–water partition coefficient (Wildman–Crippen LogP) is 2.91. The van der Waals surface area contributed by atoms with Crippen molar-refractivity contribution >= 4 is 21.8 Å². The number of aliphatic hydroxyl groups is 1. The van der Waals surface area contributed by atoms with Crippen LogP contribution in [0.3, 0.4) is 0 Å². The summed E-state index contributed by atoms with van der Waals surface area (Å²) in [6.45, 7) is 1.63. The normalized spacial score (nSPS) is 13.4. The Hall–Kier alpha value is -1.94. The van der Waals surface area contributed by atoms with E-state index in [1.165, 1.54) is 6.07 Å². The van der Waals surface area contributed by atoms with Gasteiger partial charge in [0.1, 0.15) is 11.3 Å². The Morgan fingerprint density at radius 1 is 1.29 bits per heavy atom. The van der Waals surface area contributed by atoms with Gasteiger partial charge >= 0.3 is 0 Å². The van der Waals surface area contributed by atoms with Crippen LogP contribution in [0.5, 0.6) is 0 Å². The predicted molar refractivity (Wildman–Crippen MR) is 64.2 cm³/mol. The number of hydrogen-bond acceptors (Lipinski definition) is 2. The van der Waals surface area contributed by atoms with Gasteiger partial charge in [-0.1, -0.05) is 12.1 Å². The summed E-state index contributed by atoms with van der Waals surface area (Å²) < 4.78 is 13.7. The average Bonchev–Trinajstić information content (AvgIpc) is 2.77. The molecule has 0 spiro atoms. The summed E-state index contributed by atoms with van der Waals surface area (Å²) in [7, 11) is 0. The number of nitrogens with zero attached hydrogens (tertiary/aromatic N) is 1. The number of halogens is 1. The van der Waals surface area contributed by atoms with Crippen molar-refractivity contribution in [3.05, 3.63) is 42.0 Å². The summed E-state index contributed by atoms with van der Waals surface area (Å²) in [6.07, 6.45) is 1.04. The highest BCUT2D eigenvalue weighted by Gasteiger charge is 2.14. The van der Waals surface area contributed by atoms with Gasteiger partial charge in [-0.15, -0.1) is 0 Å². The first-order valence-corrected chi connectivity index (χ1v) is 5.42. The Balaban J connectivity index is 2.56. The number of rotatable bonds is 1. The second-order valence-corrected chi connectivity index (χ2v) is 4.08. The first-order valence-electron chi connectivity index (χ1n) is 5.42. The van der Waals surface area contributed by atoms with Crippen LogP contribution in [0, 0.1) is 5.82 Å². The number of aliphatic hydroxyl groups excluding tert-OH is 1. The van der Waals surface area contributed by atoms with Crippen LogP contribution in [0.25, 0.3) is 21.8 Å². The first kappa shape index (κ1) is 10.2. The molecule has 0 saturated carbocycles. The van der Waals surface area contributed by atoms with Gasteiger partial charge in [0.25, 0.3) is 0 Å². The number of benzene rings is 1. The van der Waals surface area contributed by atoms with Gasteiger partial charge in [0.05, 0.1) is 17.3 Å². The van der Waals surface area contributed by atoms with Crippen LogP contribution in [0.2, 0.25) is 0 Å². The molecule has 0 aliphatic carbocycles. The molecular formula is C13H11FN2O. The summed E-state index contributed by atoms with van der Waals surface area (Å²) in [4.78, 5) is 7.30. The van der Waals surface area contributed by atoms with Gasteiger partial charge in [-0.2, -0.15) is 0 Å². The molecule has 3 rings (SSSR count). The number of pyridine rings is 1. The molecule has 0 radical (unpaired) electrons. The maximum Gasteiger partial charge on any atom is 0.149 e. The van der Waals surface area contributed by atoms with Crippen molar-refractivity contribution in [1.29, 1.82) is 0 Å². The molecule has 2 heterocycles. The highest BCUT2D eigenvalue weighted by molar-refractivity contribution is 6.04. The van der Waals surface area contributed by atoms with Crippen molar-refractivity contribution in [3.8, 4) is 0 Å². The van der Waals surface area contributed by atoms with Gasteiger partial charge in [-0.3, -0.25) is 0 Å². The summed E-state index contributed by atoms with van der Waals surface area (Å²) in [5.74, 6) is -0.374. The second-order valence-electron chi connectivity index (χ2n) is 4.08. The van der Waals surface area contributed by atoms with Gasteiger partial charge < -0.3 is 10.1 Å². The third kappa shape index (κ3) is 1.41. The standard InChI is InChI=1S/C13H11FN2O/c1-7(17)11-9-5-6-15-12(9)8-3-2-4-10(14)13(8)16-11/h2-7,15,17H,1H3. The number of nitrogens with one attached hydrogen (secondary N) is 1. The molecule has 1 atom stereocenters. The fourth-order valence-corrected chi connectivity index (χ4v) is 2.14. The van der Waals surface area contributed by atoms with Gasteiger partial charge in [0.15, 0.2) is 0 Å². The number of fused-ring (bicyclic) bond motifs is 3. The van der Waals surface area contributed by atoms with Gasteiger partial charge in [0.2, 0.25) is 0 Å². The van der Waals surface area contributed by atoms with Crippen LogP contribution in [-0.4, -0.2) is 15.1 Å². The Morgan fingerprint density at radius 2 is 2.12 bits per heavy atom. The zero-order chi connectivity index (χ0) is 12.0. The van der Waals surface area contributed by atoms with Gasteiger partial charge in [-0.05, 0) is 19.1 Å². The molecule has 17 heavy (non-hydrogen) atoms. The summed E-state index contributed by atoms with van der Waals surface area (Å²) in [5, 5.41) is 11.3. The largest absolute Gasteiger partial charge is 0.387 e. The van der Waals surface area contributed by atoms with E-state index in [-0.39, 0.29) is 5.82 Å². The van der Waals surface area contributed by atoms with Crippen molar-refractivity contribution in [3.63, 3.8) is 0 Å². The molecule has 2 aromatic heterocycles. The van der Waals surface area contributed by atoms with E-state index in [1.807, 2.05) is 12.1 Å². The summed E-state index contributed by atoms with van der Waals surface area (Å²) in [5.41, 5.74) is 1.60. The maximum absolute atomic E-state index is 13.7. The number of hydrogen-bond donors (Lipinski definition) is 2. The van der Waals surface area contributed by atoms with E-state index < -0.39 is 6.10 Å².